The summed E-state index contributed by atoms with van der Waals surface area (Å²) in [5.41, 5.74) is -0.602. The van der Waals surface area contributed by atoms with Crippen LogP contribution in [0, 0.1) is 0 Å². The predicted molar refractivity (Wildman–Crippen MR) is 67.9 cm³/mol. The minimum Gasteiger partial charge on any atom is -0.481 e. The first kappa shape index (κ1) is 15.1. The van der Waals surface area contributed by atoms with Gasteiger partial charge >= 0.3 is 12.2 Å². The van der Waals surface area contributed by atoms with Crippen molar-refractivity contribution in [1.82, 2.24) is 14.9 Å². The Hall–Kier alpha value is -2.32. The minimum absolute atomic E-state index is 0.000600. The van der Waals surface area contributed by atoms with E-state index in [-0.39, 0.29) is 31.2 Å². The van der Waals surface area contributed by atoms with Crippen molar-refractivity contribution in [3.8, 4) is 5.88 Å². The number of aromatic nitrogens is 2. The predicted octanol–water partition coefficient (Wildman–Crippen LogP) is 2.21. The highest BCUT2D eigenvalue weighted by Crippen LogP contribution is 2.30. The summed E-state index contributed by atoms with van der Waals surface area (Å²) in [6, 6.07) is 0.895. The molecule has 2 heterocycles. The average Bonchev–Trinajstić information content (AvgIpc) is 2.46. The molecule has 1 aromatic heterocycles. The van der Waals surface area contributed by atoms with Gasteiger partial charge in [0.2, 0.25) is 5.88 Å². The van der Waals surface area contributed by atoms with E-state index in [0.717, 1.165) is 6.08 Å². The largest absolute Gasteiger partial charge is 0.481 e. The SMILES string of the molecule is COc1cc(NC(=O)N2CC=C(C(F)(F)F)CC2)ncn1. The first-order chi connectivity index (χ1) is 9.90. The Bertz CT molecular complexity index is 560. The Labute approximate surface area is 118 Å². The summed E-state index contributed by atoms with van der Waals surface area (Å²) in [6.45, 7) is -0.0950. The van der Waals surface area contributed by atoms with Gasteiger partial charge < -0.3 is 9.64 Å². The van der Waals surface area contributed by atoms with E-state index >= 15 is 0 Å². The molecule has 0 atom stereocenters. The number of amides is 2. The van der Waals surface area contributed by atoms with Crippen molar-refractivity contribution in [2.75, 3.05) is 25.5 Å². The van der Waals surface area contributed by atoms with E-state index in [2.05, 4.69) is 15.3 Å². The van der Waals surface area contributed by atoms with Crippen molar-refractivity contribution in [1.29, 1.82) is 0 Å². The number of carbonyl (C=O) groups excluding carboxylic acids is 1. The van der Waals surface area contributed by atoms with Crippen LogP contribution in [-0.2, 0) is 0 Å². The summed E-state index contributed by atoms with van der Waals surface area (Å²) in [5, 5.41) is 2.49. The van der Waals surface area contributed by atoms with Gasteiger partial charge in [0.1, 0.15) is 12.1 Å². The van der Waals surface area contributed by atoms with Gasteiger partial charge in [0.15, 0.2) is 0 Å². The molecule has 0 spiro atoms. The number of hydrogen-bond acceptors (Lipinski definition) is 4. The fourth-order valence-electron chi connectivity index (χ4n) is 1.82. The van der Waals surface area contributed by atoms with Crippen molar-refractivity contribution in [3.05, 3.63) is 24.0 Å². The third kappa shape index (κ3) is 3.83. The first-order valence-electron chi connectivity index (χ1n) is 6.08. The highest BCUT2D eigenvalue weighted by atomic mass is 19.4. The molecular formula is C12H13F3N4O2. The fourth-order valence-corrected chi connectivity index (χ4v) is 1.82. The summed E-state index contributed by atoms with van der Waals surface area (Å²) >= 11 is 0. The molecule has 0 saturated carbocycles. The molecule has 0 saturated heterocycles. The van der Waals surface area contributed by atoms with Crippen LogP contribution < -0.4 is 10.1 Å². The molecule has 2 amide bonds. The van der Waals surface area contributed by atoms with Gasteiger partial charge in [-0.1, -0.05) is 6.08 Å². The van der Waals surface area contributed by atoms with Crippen LogP contribution in [-0.4, -0.2) is 47.3 Å². The lowest BCUT2D eigenvalue weighted by Crippen LogP contribution is -2.39. The van der Waals surface area contributed by atoms with Crippen molar-refractivity contribution in [3.63, 3.8) is 0 Å². The highest BCUT2D eigenvalue weighted by Gasteiger charge is 2.35. The highest BCUT2D eigenvalue weighted by molar-refractivity contribution is 5.88. The van der Waals surface area contributed by atoms with Gasteiger partial charge in [0.25, 0.3) is 0 Å². The number of nitrogens with zero attached hydrogens (tertiary/aromatic N) is 3. The Morgan fingerprint density at radius 2 is 2.19 bits per heavy atom. The second kappa shape index (κ2) is 5.98. The van der Waals surface area contributed by atoms with Crippen LogP contribution in [0.1, 0.15) is 6.42 Å². The van der Waals surface area contributed by atoms with E-state index in [1.54, 1.807) is 0 Å². The van der Waals surface area contributed by atoms with E-state index in [4.69, 9.17) is 4.74 Å². The average molecular weight is 302 g/mol. The fraction of sp³-hybridized carbons (Fsp3) is 0.417. The summed E-state index contributed by atoms with van der Waals surface area (Å²) in [5.74, 6) is 0.496. The zero-order chi connectivity index (χ0) is 15.5. The number of ether oxygens (including phenoxy) is 1. The summed E-state index contributed by atoms with van der Waals surface area (Å²) in [7, 11) is 1.42. The van der Waals surface area contributed by atoms with Gasteiger partial charge in [-0.3, -0.25) is 5.32 Å². The number of anilines is 1. The minimum atomic E-state index is -4.33. The molecule has 1 aromatic rings. The molecule has 0 radical (unpaired) electrons. The Morgan fingerprint density at radius 3 is 2.76 bits per heavy atom. The molecule has 0 unspecified atom stereocenters. The Kier molecular flexibility index (Phi) is 4.29. The van der Waals surface area contributed by atoms with Crippen molar-refractivity contribution < 1.29 is 22.7 Å². The zero-order valence-electron chi connectivity index (χ0n) is 11.1. The molecule has 6 nitrogen and oxygen atoms in total. The molecule has 9 heteroatoms. The number of hydrogen-bond donors (Lipinski definition) is 1. The third-order valence-electron chi connectivity index (χ3n) is 2.95. The third-order valence-corrected chi connectivity index (χ3v) is 2.95. The van der Waals surface area contributed by atoms with Crippen LogP contribution in [0.15, 0.2) is 24.0 Å². The molecule has 1 aliphatic heterocycles. The molecule has 0 fully saturated rings. The van der Waals surface area contributed by atoms with Crippen molar-refractivity contribution in [2.24, 2.45) is 0 Å². The standard InChI is InChI=1S/C12H13F3N4O2/c1-21-10-6-9(16-7-17-10)18-11(20)19-4-2-8(3-5-19)12(13,14)15/h2,6-7H,3-5H2,1H3,(H,16,17,18,20). The summed E-state index contributed by atoms with van der Waals surface area (Å²) in [4.78, 5) is 20.8. The van der Waals surface area contributed by atoms with Gasteiger partial charge in [-0.05, 0) is 6.42 Å². The normalized spacial score (nSPS) is 15.4. The summed E-state index contributed by atoms with van der Waals surface area (Å²) in [6.07, 6.45) is -2.32. The zero-order valence-corrected chi connectivity index (χ0v) is 11.1. The van der Waals surface area contributed by atoms with Crippen LogP contribution in [0.2, 0.25) is 0 Å². The van der Waals surface area contributed by atoms with E-state index in [9.17, 15) is 18.0 Å². The maximum atomic E-state index is 12.5. The number of alkyl halides is 3. The second-order valence-corrected chi connectivity index (χ2v) is 4.30. The van der Waals surface area contributed by atoms with Crippen LogP contribution in [0.5, 0.6) is 5.88 Å². The molecule has 1 N–H and O–H groups in total. The lowest BCUT2D eigenvalue weighted by atomic mass is 10.1. The van der Waals surface area contributed by atoms with Crippen LogP contribution in [0.3, 0.4) is 0 Å². The van der Waals surface area contributed by atoms with E-state index < -0.39 is 17.8 Å². The topological polar surface area (TPSA) is 67.3 Å². The van der Waals surface area contributed by atoms with Gasteiger partial charge in [-0.2, -0.15) is 13.2 Å². The number of urea groups is 1. The molecule has 0 bridgehead atoms. The molecule has 114 valence electrons. The molecule has 0 aliphatic carbocycles. The summed E-state index contributed by atoms with van der Waals surface area (Å²) < 4.78 is 42.3. The Morgan fingerprint density at radius 1 is 1.43 bits per heavy atom. The quantitative estimate of drug-likeness (QED) is 0.851. The number of rotatable bonds is 2. The molecule has 1 aliphatic rings. The first-order valence-corrected chi connectivity index (χ1v) is 6.08. The van der Waals surface area contributed by atoms with E-state index in [0.29, 0.717) is 0 Å². The van der Waals surface area contributed by atoms with Crippen LogP contribution in [0.25, 0.3) is 0 Å². The number of methoxy groups -OCH3 is 1. The lowest BCUT2D eigenvalue weighted by molar-refractivity contribution is -0.0956. The molecular weight excluding hydrogens is 289 g/mol. The number of carbonyl (C=O) groups is 1. The van der Waals surface area contributed by atoms with Crippen LogP contribution in [0.4, 0.5) is 23.8 Å². The van der Waals surface area contributed by atoms with Crippen molar-refractivity contribution >= 4 is 11.8 Å². The smallest absolute Gasteiger partial charge is 0.412 e. The van der Waals surface area contributed by atoms with Crippen molar-refractivity contribution in [2.45, 2.75) is 12.6 Å². The van der Waals surface area contributed by atoms with Gasteiger partial charge in [-0.25, -0.2) is 14.8 Å². The van der Waals surface area contributed by atoms with Gasteiger partial charge in [-0.15, -0.1) is 0 Å². The van der Waals surface area contributed by atoms with Crippen LogP contribution >= 0.6 is 0 Å². The van der Waals surface area contributed by atoms with E-state index in [1.807, 2.05) is 0 Å². The molecule has 0 aromatic carbocycles. The Balaban J connectivity index is 1.97. The maximum Gasteiger partial charge on any atom is 0.412 e. The lowest BCUT2D eigenvalue weighted by Gasteiger charge is -2.27. The second-order valence-electron chi connectivity index (χ2n) is 4.30. The number of nitrogens with one attached hydrogen (secondary N) is 1. The monoisotopic (exact) mass is 302 g/mol. The van der Waals surface area contributed by atoms with Gasteiger partial charge in [0.05, 0.1) is 7.11 Å². The maximum absolute atomic E-state index is 12.5. The molecule has 2 rings (SSSR count). The van der Waals surface area contributed by atoms with E-state index in [1.165, 1.54) is 24.4 Å². The number of halogens is 3. The molecule has 21 heavy (non-hydrogen) atoms. The van der Waals surface area contributed by atoms with Gasteiger partial charge in [0, 0.05) is 24.7 Å².